The van der Waals surface area contributed by atoms with Crippen LogP contribution in [0.3, 0.4) is 0 Å². The van der Waals surface area contributed by atoms with Crippen molar-refractivity contribution in [2.45, 2.75) is 13.8 Å². The Kier molecular flexibility index (Phi) is 4.14. The van der Waals surface area contributed by atoms with Gasteiger partial charge in [0.15, 0.2) is 0 Å². The Morgan fingerprint density at radius 1 is 1.25 bits per heavy atom. The lowest BCUT2D eigenvalue weighted by molar-refractivity contribution is 0.585. The zero-order valence-corrected chi connectivity index (χ0v) is 15.1. The molecule has 0 saturated heterocycles. The number of benzene rings is 1. The van der Waals surface area contributed by atoms with E-state index in [4.69, 9.17) is 15.2 Å². The van der Waals surface area contributed by atoms with Crippen molar-refractivity contribution in [3.05, 3.63) is 60.3 Å². The van der Waals surface area contributed by atoms with E-state index < -0.39 is 11.6 Å². The molecule has 0 unspecified atom stereocenters. The fraction of sp³-hybridized carbons (Fsp3) is 0.158. The van der Waals surface area contributed by atoms with Crippen molar-refractivity contribution in [2.75, 3.05) is 0 Å². The Morgan fingerprint density at radius 2 is 2.04 bits per heavy atom. The molecule has 142 valence electrons. The van der Waals surface area contributed by atoms with Crippen LogP contribution in [0.4, 0.5) is 8.78 Å². The number of oxazole rings is 1. The van der Waals surface area contributed by atoms with Crippen LogP contribution in [-0.4, -0.2) is 24.8 Å². The maximum atomic E-state index is 14.4. The molecule has 0 bridgehead atoms. The summed E-state index contributed by atoms with van der Waals surface area (Å²) in [6.45, 7) is 3.68. The van der Waals surface area contributed by atoms with Gasteiger partial charge in [0.05, 0.1) is 5.69 Å². The second kappa shape index (κ2) is 6.52. The smallest absolute Gasteiger partial charge is 0.306 e. The van der Waals surface area contributed by atoms with Gasteiger partial charge in [0.2, 0.25) is 5.62 Å². The quantitative estimate of drug-likeness (QED) is 0.418. The highest BCUT2D eigenvalue weighted by molar-refractivity contribution is 5.85. The van der Waals surface area contributed by atoms with Crippen LogP contribution in [-0.2, 0) is 0 Å². The lowest BCUT2D eigenvalue weighted by Crippen LogP contribution is -2.31. The molecule has 0 fully saturated rings. The molecule has 4 aromatic rings. The second-order valence-corrected chi connectivity index (χ2v) is 6.56. The van der Waals surface area contributed by atoms with Gasteiger partial charge in [0.25, 0.3) is 0 Å². The molecular weight excluding hydrogens is 366 g/mol. The minimum Gasteiger partial charge on any atom is -0.432 e. The highest BCUT2D eigenvalue weighted by Crippen LogP contribution is 2.34. The van der Waals surface area contributed by atoms with Crippen molar-refractivity contribution in [2.24, 2.45) is 5.92 Å². The molecule has 0 spiro atoms. The third-order valence-electron chi connectivity index (χ3n) is 4.35. The third-order valence-corrected chi connectivity index (χ3v) is 4.35. The number of fused-ring (bicyclic) bond motifs is 1. The van der Waals surface area contributed by atoms with Crippen LogP contribution >= 0.6 is 0 Å². The molecule has 4 rings (SSSR count). The first-order valence-electron chi connectivity index (χ1n) is 8.50. The summed E-state index contributed by atoms with van der Waals surface area (Å²) in [6, 6.07) is 3.26. The van der Waals surface area contributed by atoms with E-state index in [1.807, 2.05) is 13.8 Å². The largest absolute Gasteiger partial charge is 0.432 e. The monoisotopic (exact) mass is 382 g/mol. The fourth-order valence-corrected chi connectivity index (χ4v) is 2.94. The number of nitrogens with one attached hydrogen (secondary N) is 2. The van der Waals surface area contributed by atoms with Gasteiger partial charge in [-0.3, -0.25) is 19.8 Å². The predicted molar refractivity (Wildman–Crippen MR) is 97.8 cm³/mol. The summed E-state index contributed by atoms with van der Waals surface area (Å²) in [5.74, 6) is -1.14. The van der Waals surface area contributed by atoms with Gasteiger partial charge in [-0.1, -0.05) is 13.8 Å². The zero-order chi connectivity index (χ0) is 20.0. The number of rotatable bonds is 3. The Morgan fingerprint density at radius 3 is 2.75 bits per heavy atom. The maximum absolute atomic E-state index is 14.4. The van der Waals surface area contributed by atoms with Crippen molar-refractivity contribution in [3.8, 4) is 22.5 Å². The van der Waals surface area contributed by atoms with Crippen LogP contribution in [0.1, 0.15) is 13.8 Å². The molecule has 0 amide bonds. The first-order valence-corrected chi connectivity index (χ1v) is 8.50. The molecule has 0 radical (unpaired) electrons. The molecule has 28 heavy (non-hydrogen) atoms. The van der Waals surface area contributed by atoms with Crippen molar-refractivity contribution in [1.82, 2.24) is 18.9 Å². The average Bonchev–Trinajstić information content (AvgIpc) is 3.23. The van der Waals surface area contributed by atoms with Crippen molar-refractivity contribution < 1.29 is 13.2 Å². The summed E-state index contributed by atoms with van der Waals surface area (Å²) < 4.78 is 36.1. The van der Waals surface area contributed by atoms with Crippen LogP contribution < -0.4 is 5.62 Å². The Labute approximate surface area is 157 Å². The molecule has 0 aliphatic heterocycles. The molecule has 0 aliphatic rings. The van der Waals surface area contributed by atoms with Crippen LogP contribution in [0.2, 0.25) is 0 Å². The van der Waals surface area contributed by atoms with E-state index in [9.17, 15) is 8.78 Å². The van der Waals surface area contributed by atoms with E-state index >= 15 is 0 Å². The normalized spacial score (nSPS) is 11.5. The summed E-state index contributed by atoms with van der Waals surface area (Å²) in [5.41, 5.74) is 1.24. The number of hydrogen-bond donors (Lipinski definition) is 2. The fourth-order valence-electron chi connectivity index (χ4n) is 2.94. The van der Waals surface area contributed by atoms with Gasteiger partial charge in [0.1, 0.15) is 29.4 Å². The highest BCUT2D eigenvalue weighted by Gasteiger charge is 2.22. The number of halogens is 2. The molecule has 9 heteroatoms. The lowest BCUT2D eigenvalue weighted by Gasteiger charge is -2.13. The molecular formula is C19H16F2N6O. The Hall–Kier alpha value is -3.62. The summed E-state index contributed by atoms with van der Waals surface area (Å²) in [7, 11) is 0. The van der Waals surface area contributed by atoms with Gasteiger partial charge < -0.3 is 4.42 Å². The van der Waals surface area contributed by atoms with Gasteiger partial charge in [-0.05, 0) is 12.1 Å². The van der Waals surface area contributed by atoms with Crippen LogP contribution in [0.5, 0.6) is 0 Å². The maximum Gasteiger partial charge on any atom is 0.306 e. The first kappa shape index (κ1) is 17.8. The van der Waals surface area contributed by atoms with Gasteiger partial charge in [-0.25, -0.2) is 13.8 Å². The first-order chi connectivity index (χ1) is 13.4. The topological polar surface area (TPSA) is 96.0 Å². The zero-order valence-electron chi connectivity index (χ0n) is 15.1. The molecule has 7 nitrogen and oxygen atoms in total. The summed E-state index contributed by atoms with van der Waals surface area (Å²) in [4.78, 5) is 8.40. The molecule has 2 N–H and O–H groups in total. The minimum absolute atomic E-state index is 0.0927. The van der Waals surface area contributed by atoms with Crippen LogP contribution in [0.25, 0.3) is 28.4 Å². The number of imidazole rings is 1. The summed E-state index contributed by atoms with van der Waals surface area (Å²) in [5, 5.41) is 16.2. The van der Waals surface area contributed by atoms with E-state index in [0.29, 0.717) is 11.3 Å². The number of aromatic nitrogens is 4. The van der Waals surface area contributed by atoms with Crippen molar-refractivity contribution in [3.63, 3.8) is 0 Å². The second-order valence-electron chi connectivity index (χ2n) is 6.56. The SMILES string of the molecule is CC(C)C(=N)n1cc(-c2c(-c3ccc(F)cc3F)nc3occn23)cnc1=N. The third kappa shape index (κ3) is 2.81. The molecule has 0 atom stereocenters. The van der Waals surface area contributed by atoms with E-state index in [0.717, 1.165) is 12.1 Å². The Bertz CT molecular complexity index is 1270. The van der Waals surface area contributed by atoms with Crippen LogP contribution in [0, 0.1) is 28.4 Å². The highest BCUT2D eigenvalue weighted by atomic mass is 19.1. The lowest BCUT2D eigenvalue weighted by atomic mass is 10.1. The molecule has 1 aromatic carbocycles. The molecule has 3 heterocycles. The standard InChI is InChI=1S/C19H16F2N6O/c1-10(2)17(22)27-9-11(8-24-18(27)23)16-15(25-19-26(16)5-6-28-19)13-4-3-12(20)7-14(13)21/h3-10,22-23H,1-2H3. The van der Waals surface area contributed by atoms with Crippen molar-refractivity contribution in [1.29, 1.82) is 10.8 Å². The predicted octanol–water partition coefficient (Wildman–Crippen LogP) is 3.70. The van der Waals surface area contributed by atoms with E-state index in [2.05, 4.69) is 9.97 Å². The van der Waals surface area contributed by atoms with E-state index in [1.54, 1.807) is 16.8 Å². The van der Waals surface area contributed by atoms with Gasteiger partial charge in [-0.2, -0.15) is 4.98 Å². The van der Waals surface area contributed by atoms with Crippen molar-refractivity contribution >= 4 is 11.7 Å². The molecule has 3 aromatic heterocycles. The number of hydrogen-bond acceptors (Lipinski definition) is 5. The van der Waals surface area contributed by atoms with E-state index in [1.165, 1.54) is 23.1 Å². The molecule has 0 saturated carbocycles. The minimum atomic E-state index is -0.755. The van der Waals surface area contributed by atoms with Gasteiger partial charge >= 0.3 is 5.84 Å². The molecule has 0 aliphatic carbocycles. The van der Waals surface area contributed by atoms with Gasteiger partial charge in [0, 0.05) is 41.7 Å². The number of nitrogens with zero attached hydrogens (tertiary/aromatic N) is 4. The average molecular weight is 382 g/mol. The Balaban J connectivity index is 1.99. The van der Waals surface area contributed by atoms with Crippen LogP contribution in [0.15, 0.2) is 47.5 Å². The van der Waals surface area contributed by atoms with E-state index in [-0.39, 0.29) is 34.5 Å². The van der Waals surface area contributed by atoms with Gasteiger partial charge in [-0.15, -0.1) is 0 Å². The summed E-state index contributed by atoms with van der Waals surface area (Å²) >= 11 is 0. The summed E-state index contributed by atoms with van der Waals surface area (Å²) in [6.07, 6.45) is 6.09.